The average molecular weight is 263 g/mol. The molecule has 19 heavy (non-hydrogen) atoms. The van der Waals surface area contributed by atoms with Crippen molar-refractivity contribution < 1.29 is 19.1 Å². The lowest BCUT2D eigenvalue weighted by Crippen LogP contribution is -2.58. The standard InChI is InChI=1S/C14H17NO4/c1-10-12(13(16)19-10)15-14(17)18-9-5-8-11-6-3-2-4-7-11/h2-4,6-7,10,12H,5,8-9H2,1H3,(H,15,17)/t10-,12+/m0/s1. The predicted molar refractivity (Wildman–Crippen MR) is 68.6 cm³/mol. The predicted octanol–water partition coefficient (Wildman–Crippen LogP) is 1.66. The Bertz CT molecular complexity index is 446. The van der Waals surface area contributed by atoms with E-state index in [9.17, 15) is 9.59 Å². The van der Waals surface area contributed by atoms with E-state index in [0.717, 1.165) is 12.8 Å². The minimum absolute atomic E-state index is 0.274. The summed E-state index contributed by atoms with van der Waals surface area (Å²) in [6, 6.07) is 9.42. The van der Waals surface area contributed by atoms with Crippen molar-refractivity contribution in [2.24, 2.45) is 0 Å². The van der Waals surface area contributed by atoms with E-state index >= 15 is 0 Å². The van der Waals surface area contributed by atoms with Gasteiger partial charge in [-0.2, -0.15) is 0 Å². The molecule has 0 aromatic heterocycles. The summed E-state index contributed by atoms with van der Waals surface area (Å²) in [6.45, 7) is 2.05. The van der Waals surface area contributed by atoms with Crippen LogP contribution in [0.5, 0.6) is 0 Å². The maximum atomic E-state index is 11.4. The number of hydrogen-bond acceptors (Lipinski definition) is 4. The van der Waals surface area contributed by atoms with Gasteiger partial charge in [-0.1, -0.05) is 30.3 Å². The first-order chi connectivity index (χ1) is 9.16. The fraction of sp³-hybridized carbons (Fsp3) is 0.429. The summed E-state index contributed by atoms with van der Waals surface area (Å²) in [4.78, 5) is 22.4. The second-order valence-corrected chi connectivity index (χ2v) is 4.49. The Hall–Kier alpha value is -2.04. The second kappa shape index (κ2) is 6.22. The monoisotopic (exact) mass is 263 g/mol. The van der Waals surface area contributed by atoms with Crippen LogP contribution in [0.15, 0.2) is 30.3 Å². The van der Waals surface area contributed by atoms with Gasteiger partial charge in [0.2, 0.25) is 0 Å². The molecule has 5 nitrogen and oxygen atoms in total. The van der Waals surface area contributed by atoms with Crippen LogP contribution in [0.25, 0.3) is 0 Å². The molecule has 1 aromatic rings. The molecule has 1 fully saturated rings. The highest BCUT2D eigenvalue weighted by Gasteiger charge is 2.40. The molecule has 1 amide bonds. The molecule has 1 N–H and O–H groups in total. The second-order valence-electron chi connectivity index (χ2n) is 4.49. The number of ether oxygens (including phenoxy) is 2. The van der Waals surface area contributed by atoms with Gasteiger partial charge in [0.15, 0.2) is 6.04 Å². The Morgan fingerprint density at radius 2 is 2.11 bits per heavy atom. The number of amides is 1. The van der Waals surface area contributed by atoms with Gasteiger partial charge < -0.3 is 14.8 Å². The summed E-state index contributed by atoms with van der Waals surface area (Å²) in [7, 11) is 0. The highest BCUT2D eigenvalue weighted by atomic mass is 16.6. The van der Waals surface area contributed by atoms with Crippen LogP contribution < -0.4 is 5.32 Å². The normalized spacial score (nSPS) is 21.2. The Kier molecular flexibility index (Phi) is 4.39. The van der Waals surface area contributed by atoms with Gasteiger partial charge in [-0.25, -0.2) is 9.59 Å². The Morgan fingerprint density at radius 3 is 2.74 bits per heavy atom. The summed E-state index contributed by atoms with van der Waals surface area (Å²) < 4.78 is 9.74. The molecule has 2 rings (SSSR count). The minimum atomic E-state index is -0.568. The molecule has 1 heterocycles. The smallest absolute Gasteiger partial charge is 0.407 e. The van der Waals surface area contributed by atoms with Crippen LogP contribution in [0.4, 0.5) is 4.79 Å². The summed E-state index contributed by atoms with van der Waals surface area (Å²) in [5.41, 5.74) is 1.21. The molecule has 0 saturated carbocycles. The third-order valence-electron chi connectivity index (χ3n) is 2.98. The lowest BCUT2D eigenvalue weighted by atomic mass is 10.1. The number of nitrogens with one attached hydrogen (secondary N) is 1. The number of aryl methyl sites for hydroxylation is 1. The Labute approximate surface area is 111 Å². The Balaban J connectivity index is 1.60. The van der Waals surface area contributed by atoms with Gasteiger partial charge in [-0.15, -0.1) is 0 Å². The van der Waals surface area contributed by atoms with Crippen LogP contribution in [-0.4, -0.2) is 30.8 Å². The number of carbonyl (C=O) groups excluding carboxylic acids is 2. The number of esters is 1. The molecule has 102 valence electrons. The number of rotatable bonds is 5. The van der Waals surface area contributed by atoms with Gasteiger partial charge in [-0.05, 0) is 25.3 Å². The number of alkyl carbamates (subject to hydrolysis) is 1. The molecule has 1 saturated heterocycles. The van der Waals surface area contributed by atoms with Gasteiger partial charge in [0, 0.05) is 0 Å². The molecule has 5 heteroatoms. The third-order valence-corrected chi connectivity index (χ3v) is 2.98. The van der Waals surface area contributed by atoms with E-state index in [1.54, 1.807) is 6.92 Å². The first kappa shape index (κ1) is 13.4. The van der Waals surface area contributed by atoms with E-state index in [-0.39, 0.29) is 6.10 Å². The largest absolute Gasteiger partial charge is 0.458 e. The van der Waals surface area contributed by atoms with E-state index < -0.39 is 18.1 Å². The van der Waals surface area contributed by atoms with Crippen LogP contribution in [-0.2, 0) is 20.7 Å². The molecule has 1 aromatic carbocycles. The number of benzene rings is 1. The topological polar surface area (TPSA) is 64.6 Å². The van der Waals surface area contributed by atoms with Gasteiger partial charge in [0.1, 0.15) is 6.10 Å². The number of carbonyl (C=O) groups is 2. The molecule has 0 bridgehead atoms. The first-order valence-corrected chi connectivity index (χ1v) is 6.34. The van der Waals surface area contributed by atoms with E-state index in [1.165, 1.54) is 5.56 Å². The molecule has 0 spiro atoms. The molecular weight excluding hydrogens is 246 g/mol. The van der Waals surface area contributed by atoms with Crippen molar-refractivity contribution in [2.75, 3.05) is 6.61 Å². The lowest BCUT2D eigenvalue weighted by Gasteiger charge is -2.32. The van der Waals surface area contributed by atoms with Gasteiger partial charge >= 0.3 is 12.1 Å². The van der Waals surface area contributed by atoms with Crippen molar-refractivity contribution in [3.05, 3.63) is 35.9 Å². The van der Waals surface area contributed by atoms with Gasteiger partial charge in [0.25, 0.3) is 0 Å². The average Bonchev–Trinajstić information content (AvgIpc) is 2.42. The summed E-state index contributed by atoms with van der Waals surface area (Å²) >= 11 is 0. The van der Waals surface area contributed by atoms with Gasteiger partial charge in [0.05, 0.1) is 6.61 Å². The Morgan fingerprint density at radius 1 is 1.37 bits per heavy atom. The number of cyclic esters (lactones) is 1. The fourth-order valence-electron chi connectivity index (χ4n) is 1.87. The SMILES string of the molecule is C[C@@H]1OC(=O)[C@@H]1NC(=O)OCCCc1ccccc1. The highest BCUT2D eigenvalue weighted by Crippen LogP contribution is 2.13. The van der Waals surface area contributed by atoms with Crippen molar-refractivity contribution in [1.29, 1.82) is 0 Å². The lowest BCUT2D eigenvalue weighted by molar-refractivity contribution is -0.174. The molecule has 1 aliphatic heterocycles. The number of hydrogen-bond donors (Lipinski definition) is 1. The van der Waals surface area contributed by atoms with Crippen LogP contribution in [0.2, 0.25) is 0 Å². The van der Waals surface area contributed by atoms with E-state index in [0.29, 0.717) is 6.61 Å². The van der Waals surface area contributed by atoms with E-state index in [4.69, 9.17) is 9.47 Å². The van der Waals surface area contributed by atoms with Crippen molar-refractivity contribution >= 4 is 12.1 Å². The zero-order chi connectivity index (χ0) is 13.7. The van der Waals surface area contributed by atoms with Crippen molar-refractivity contribution in [3.8, 4) is 0 Å². The van der Waals surface area contributed by atoms with Crippen LogP contribution in [0, 0.1) is 0 Å². The fourth-order valence-corrected chi connectivity index (χ4v) is 1.87. The maximum absolute atomic E-state index is 11.4. The quantitative estimate of drug-likeness (QED) is 0.648. The van der Waals surface area contributed by atoms with E-state index in [2.05, 4.69) is 5.32 Å². The van der Waals surface area contributed by atoms with Crippen LogP contribution in [0.3, 0.4) is 0 Å². The first-order valence-electron chi connectivity index (χ1n) is 6.34. The molecule has 2 atom stereocenters. The van der Waals surface area contributed by atoms with Crippen molar-refractivity contribution in [1.82, 2.24) is 5.32 Å². The van der Waals surface area contributed by atoms with Gasteiger partial charge in [-0.3, -0.25) is 0 Å². The molecule has 0 radical (unpaired) electrons. The minimum Gasteiger partial charge on any atom is -0.458 e. The molecule has 1 aliphatic rings. The van der Waals surface area contributed by atoms with Crippen molar-refractivity contribution in [2.45, 2.75) is 31.9 Å². The highest BCUT2D eigenvalue weighted by molar-refractivity contribution is 5.86. The summed E-state index contributed by atoms with van der Waals surface area (Å²) in [5.74, 6) is -0.409. The summed E-state index contributed by atoms with van der Waals surface area (Å²) in [5, 5.41) is 2.48. The van der Waals surface area contributed by atoms with E-state index in [1.807, 2.05) is 30.3 Å². The van der Waals surface area contributed by atoms with Crippen LogP contribution in [0.1, 0.15) is 18.9 Å². The summed E-state index contributed by atoms with van der Waals surface area (Å²) in [6.07, 6.45) is 0.767. The third kappa shape index (κ3) is 3.71. The molecule has 0 aliphatic carbocycles. The zero-order valence-electron chi connectivity index (χ0n) is 10.8. The maximum Gasteiger partial charge on any atom is 0.407 e. The van der Waals surface area contributed by atoms with Crippen LogP contribution >= 0.6 is 0 Å². The van der Waals surface area contributed by atoms with Crippen molar-refractivity contribution in [3.63, 3.8) is 0 Å². The zero-order valence-corrected chi connectivity index (χ0v) is 10.8. The molecular formula is C14H17NO4. The molecule has 0 unspecified atom stereocenters.